The van der Waals surface area contributed by atoms with Gasteiger partial charge in [-0.15, -0.1) is 0 Å². The average Bonchev–Trinajstić information content (AvgIpc) is 2.76. The number of nitrogens with zero attached hydrogens (tertiary/aromatic N) is 2. The second-order valence-corrected chi connectivity index (χ2v) is 9.00. The van der Waals surface area contributed by atoms with Crippen LogP contribution in [0.5, 0.6) is 11.5 Å². The zero-order valence-corrected chi connectivity index (χ0v) is 19.0. The number of likely N-dealkylation sites (N-methyl/N-ethyl adjacent to an activating group) is 1. The maximum Gasteiger partial charge on any atom is 0.220 e. The molecule has 6 nitrogen and oxygen atoms in total. The summed E-state index contributed by atoms with van der Waals surface area (Å²) >= 11 is 0. The molecule has 1 aromatic carbocycles. The number of methoxy groups -OCH3 is 1. The Morgan fingerprint density at radius 1 is 1.10 bits per heavy atom. The predicted molar refractivity (Wildman–Crippen MR) is 120 cm³/mol. The maximum atomic E-state index is 12.3. The van der Waals surface area contributed by atoms with Crippen molar-refractivity contribution in [2.24, 2.45) is 5.92 Å². The number of benzene rings is 1. The van der Waals surface area contributed by atoms with Crippen LogP contribution in [-0.2, 0) is 11.2 Å². The standard InChI is InChI=1S/C24H39N3O3/c1-19-4-8-21(9-5-19)25-24(28)11-7-20-6-10-22(23(18-20)29-3)30-17-16-27-14-12-26(2)13-15-27/h6,10,18-19,21H,4-5,7-9,11-17H2,1-3H3,(H,25,28)/t19-,21-. The van der Waals surface area contributed by atoms with Gasteiger partial charge in [-0.1, -0.05) is 13.0 Å². The van der Waals surface area contributed by atoms with Crippen molar-refractivity contribution in [1.82, 2.24) is 15.1 Å². The van der Waals surface area contributed by atoms with E-state index < -0.39 is 0 Å². The van der Waals surface area contributed by atoms with Crippen LogP contribution in [0.15, 0.2) is 18.2 Å². The molecule has 1 aliphatic heterocycles. The molecule has 2 fully saturated rings. The lowest BCUT2D eigenvalue weighted by molar-refractivity contribution is -0.122. The Hall–Kier alpha value is -1.79. The highest BCUT2D eigenvalue weighted by Crippen LogP contribution is 2.29. The van der Waals surface area contributed by atoms with E-state index in [9.17, 15) is 4.79 Å². The maximum absolute atomic E-state index is 12.3. The van der Waals surface area contributed by atoms with Gasteiger partial charge >= 0.3 is 0 Å². The number of hydrogen-bond acceptors (Lipinski definition) is 5. The van der Waals surface area contributed by atoms with Gasteiger partial charge in [0, 0.05) is 45.2 Å². The van der Waals surface area contributed by atoms with E-state index in [0.717, 1.165) is 68.5 Å². The minimum atomic E-state index is 0.154. The van der Waals surface area contributed by atoms with E-state index in [1.807, 2.05) is 18.2 Å². The molecule has 168 valence electrons. The molecular formula is C24H39N3O3. The van der Waals surface area contributed by atoms with Crippen LogP contribution in [0.1, 0.15) is 44.6 Å². The van der Waals surface area contributed by atoms with Crippen molar-refractivity contribution < 1.29 is 14.3 Å². The summed E-state index contributed by atoms with van der Waals surface area (Å²) in [6.45, 7) is 8.30. The van der Waals surface area contributed by atoms with Gasteiger partial charge < -0.3 is 19.7 Å². The van der Waals surface area contributed by atoms with Gasteiger partial charge in [0.25, 0.3) is 0 Å². The van der Waals surface area contributed by atoms with E-state index in [0.29, 0.717) is 25.5 Å². The fourth-order valence-electron chi connectivity index (χ4n) is 4.31. The summed E-state index contributed by atoms with van der Waals surface area (Å²) in [6, 6.07) is 6.38. The van der Waals surface area contributed by atoms with Gasteiger partial charge in [0.15, 0.2) is 11.5 Å². The molecule has 2 aliphatic rings. The Balaban J connectivity index is 1.41. The zero-order valence-electron chi connectivity index (χ0n) is 19.0. The Morgan fingerprint density at radius 2 is 1.83 bits per heavy atom. The van der Waals surface area contributed by atoms with Crippen molar-refractivity contribution in [3.8, 4) is 11.5 Å². The third kappa shape index (κ3) is 7.17. The number of nitrogens with one attached hydrogen (secondary N) is 1. The Bertz CT molecular complexity index is 666. The normalized spacial score (nSPS) is 23.2. The summed E-state index contributed by atoms with van der Waals surface area (Å²) in [5.74, 6) is 2.47. The molecule has 1 saturated carbocycles. The van der Waals surface area contributed by atoms with Gasteiger partial charge in [-0.2, -0.15) is 0 Å². The molecule has 1 amide bonds. The van der Waals surface area contributed by atoms with Crippen molar-refractivity contribution in [2.75, 3.05) is 53.5 Å². The molecule has 6 heteroatoms. The zero-order chi connectivity index (χ0) is 21.3. The van der Waals surface area contributed by atoms with Gasteiger partial charge in [-0.3, -0.25) is 9.69 Å². The highest BCUT2D eigenvalue weighted by molar-refractivity contribution is 5.76. The molecule has 0 atom stereocenters. The van der Waals surface area contributed by atoms with E-state index in [4.69, 9.17) is 9.47 Å². The van der Waals surface area contributed by atoms with Crippen LogP contribution in [0.4, 0.5) is 0 Å². The summed E-state index contributed by atoms with van der Waals surface area (Å²) in [7, 11) is 3.84. The van der Waals surface area contributed by atoms with Crippen LogP contribution in [0, 0.1) is 5.92 Å². The molecule has 1 heterocycles. The molecular weight excluding hydrogens is 378 g/mol. The van der Waals surface area contributed by atoms with Crippen LogP contribution in [0.3, 0.4) is 0 Å². The molecule has 30 heavy (non-hydrogen) atoms. The molecule has 1 saturated heterocycles. The number of rotatable bonds is 9. The molecule has 0 radical (unpaired) electrons. The minimum Gasteiger partial charge on any atom is -0.493 e. The van der Waals surface area contributed by atoms with Crippen molar-refractivity contribution >= 4 is 5.91 Å². The van der Waals surface area contributed by atoms with Gasteiger partial charge in [-0.05, 0) is 62.8 Å². The highest BCUT2D eigenvalue weighted by atomic mass is 16.5. The van der Waals surface area contributed by atoms with Crippen molar-refractivity contribution in [3.63, 3.8) is 0 Å². The Labute approximate surface area is 181 Å². The van der Waals surface area contributed by atoms with E-state index in [1.54, 1.807) is 7.11 Å². The number of aryl methyl sites for hydroxylation is 1. The fraction of sp³-hybridized carbons (Fsp3) is 0.708. The lowest BCUT2D eigenvalue weighted by Gasteiger charge is -2.32. The first-order valence-corrected chi connectivity index (χ1v) is 11.5. The highest BCUT2D eigenvalue weighted by Gasteiger charge is 2.19. The third-order valence-corrected chi connectivity index (χ3v) is 6.51. The predicted octanol–water partition coefficient (Wildman–Crippen LogP) is 2.95. The molecule has 3 rings (SSSR count). The lowest BCUT2D eigenvalue weighted by atomic mass is 9.87. The molecule has 1 aliphatic carbocycles. The first-order valence-electron chi connectivity index (χ1n) is 11.5. The van der Waals surface area contributed by atoms with E-state index in [-0.39, 0.29) is 5.91 Å². The van der Waals surface area contributed by atoms with Gasteiger partial charge in [0.1, 0.15) is 6.61 Å². The Morgan fingerprint density at radius 3 is 2.53 bits per heavy atom. The van der Waals surface area contributed by atoms with Gasteiger partial charge in [0.2, 0.25) is 5.91 Å². The minimum absolute atomic E-state index is 0.154. The monoisotopic (exact) mass is 417 g/mol. The van der Waals surface area contributed by atoms with E-state index in [2.05, 4.69) is 29.1 Å². The van der Waals surface area contributed by atoms with Gasteiger partial charge in [0.05, 0.1) is 7.11 Å². The first-order chi connectivity index (χ1) is 14.5. The smallest absolute Gasteiger partial charge is 0.220 e. The molecule has 1 aromatic rings. The molecule has 0 bridgehead atoms. The summed E-state index contributed by atoms with van der Waals surface area (Å²) in [5.41, 5.74) is 1.10. The summed E-state index contributed by atoms with van der Waals surface area (Å²) in [5, 5.41) is 3.21. The fourth-order valence-corrected chi connectivity index (χ4v) is 4.31. The molecule has 0 aromatic heterocycles. The van der Waals surface area contributed by atoms with Gasteiger partial charge in [-0.25, -0.2) is 0 Å². The van der Waals surface area contributed by atoms with Crippen LogP contribution >= 0.6 is 0 Å². The SMILES string of the molecule is COc1cc(CCC(=O)N[C@H]2CC[C@H](C)CC2)ccc1OCCN1CCN(C)CC1. The van der Waals surface area contributed by atoms with E-state index in [1.165, 1.54) is 12.8 Å². The third-order valence-electron chi connectivity index (χ3n) is 6.51. The molecule has 0 spiro atoms. The number of carbonyl (C=O) groups is 1. The molecule has 1 N–H and O–H groups in total. The first kappa shape index (κ1) is 22.9. The quantitative estimate of drug-likeness (QED) is 0.670. The average molecular weight is 418 g/mol. The Kier molecular flexibility index (Phi) is 8.82. The van der Waals surface area contributed by atoms with Crippen LogP contribution < -0.4 is 14.8 Å². The van der Waals surface area contributed by atoms with Crippen molar-refractivity contribution in [1.29, 1.82) is 0 Å². The van der Waals surface area contributed by atoms with Crippen LogP contribution in [-0.4, -0.2) is 75.2 Å². The number of hydrogen-bond donors (Lipinski definition) is 1. The topological polar surface area (TPSA) is 54.0 Å². The van der Waals surface area contributed by atoms with Crippen molar-refractivity contribution in [3.05, 3.63) is 23.8 Å². The summed E-state index contributed by atoms with van der Waals surface area (Å²) in [6.07, 6.45) is 5.89. The lowest BCUT2D eigenvalue weighted by Crippen LogP contribution is -2.45. The number of ether oxygens (including phenoxy) is 2. The van der Waals surface area contributed by atoms with E-state index >= 15 is 0 Å². The second kappa shape index (κ2) is 11.6. The largest absolute Gasteiger partial charge is 0.493 e. The summed E-state index contributed by atoms with van der Waals surface area (Å²) in [4.78, 5) is 17.1. The van der Waals surface area contributed by atoms with Crippen LogP contribution in [0.25, 0.3) is 0 Å². The summed E-state index contributed by atoms with van der Waals surface area (Å²) < 4.78 is 11.5. The number of amides is 1. The van der Waals surface area contributed by atoms with Crippen LogP contribution in [0.2, 0.25) is 0 Å². The number of piperazine rings is 1. The molecule has 0 unspecified atom stereocenters. The number of carbonyl (C=O) groups excluding carboxylic acids is 1. The van der Waals surface area contributed by atoms with Crippen molar-refractivity contribution in [2.45, 2.75) is 51.5 Å². The second-order valence-electron chi connectivity index (χ2n) is 9.00.